The normalized spacial score (nSPS) is 20.5. The molecule has 2 fully saturated rings. The second-order valence-electron chi connectivity index (χ2n) is 9.74. The molecule has 2 aliphatic rings. The van der Waals surface area contributed by atoms with Gasteiger partial charge in [-0.15, -0.1) is 5.10 Å². The number of halogens is 1. The lowest BCUT2D eigenvalue weighted by Gasteiger charge is -2.26. The van der Waals surface area contributed by atoms with Gasteiger partial charge >= 0.3 is 0 Å². The van der Waals surface area contributed by atoms with Gasteiger partial charge in [-0.3, -0.25) is 0 Å². The number of anilines is 2. The van der Waals surface area contributed by atoms with Crippen LogP contribution in [0.5, 0.6) is 0 Å². The lowest BCUT2D eigenvalue weighted by molar-refractivity contribution is 0.315. The number of nitrogens with zero attached hydrogens (tertiary/aromatic N) is 7. The van der Waals surface area contributed by atoms with Crippen molar-refractivity contribution < 1.29 is 4.39 Å². The second-order valence-corrected chi connectivity index (χ2v) is 9.74. The van der Waals surface area contributed by atoms with Gasteiger partial charge in [0, 0.05) is 25.7 Å². The zero-order valence-electron chi connectivity index (χ0n) is 20.2. The zero-order chi connectivity index (χ0) is 23.9. The van der Waals surface area contributed by atoms with Gasteiger partial charge in [0.05, 0.1) is 17.9 Å². The molecular formula is C27H30FN7. The van der Waals surface area contributed by atoms with Crippen LogP contribution >= 0.6 is 0 Å². The first-order chi connectivity index (χ1) is 17.1. The van der Waals surface area contributed by atoms with Crippen LogP contribution in [-0.4, -0.2) is 64.3 Å². The fourth-order valence-electron chi connectivity index (χ4n) is 5.41. The van der Waals surface area contributed by atoms with Crippen molar-refractivity contribution in [2.45, 2.75) is 31.3 Å². The van der Waals surface area contributed by atoms with E-state index in [2.05, 4.69) is 45.9 Å². The maximum Gasteiger partial charge on any atom is 0.154 e. The van der Waals surface area contributed by atoms with Gasteiger partial charge in [0.15, 0.2) is 5.65 Å². The number of benzene rings is 1. The van der Waals surface area contributed by atoms with Crippen LogP contribution in [0.3, 0.4) is 0 Å². The number of aromatic nitrogens is 4. The second kappa shape index (κ2) is 8.92. The summed E-state index contributed by atoms with van der Waals surface area (Å²) in [6.07, 6.45) is 5.01. The van der Waals surface area contributed by atoms with Gasteiger partial charge in [-0.25, -0.2) is 18.9 Å². The fourth-order valence-corrected chi connectivity index (χ4v) is 5.41. The Hall–Kier alpha value is -3.52. The van der Waals surface area contributed by atoms with Gasteiger partial charge in [-0.1, -0.05) is 18.2 Å². The first kappa shape index (κ1) is 22.0. The average molecular weight is 472 g/mol. The quantitative estimate of drug-likeness (QED) is 0.430. The predicted octanol–water partition coefficient (Wildman–Crippen LogP) is 4.41. The molecule has 35 heavy (non-hydrogen) atoms. The van der Waals surface area contributed by atoms with Crippen LogP contribution in [-0.2, 0) is 0 Å². The van der Waals surface area contributed by atoms with Crippen LogP contribution in [0.4, 0.5) is 16.0 Å². The van der Waals surface area contributed by atoms with Gasteiger partial charge in [-0.05, 0) is 75.3 Å². The van der Waals surface area contributed by atoms with E-state index >= 15 is 0 Å². The van der Waals surface area contributed by atoms with Crippen molar-refractivity contribution in [1.82, 2.24) is 24.5 Å². The molecule has 180 valence electrons. The Morgan fingerprint density at radius 1 is 0.971 bits per heavy atom. The average Bonchev–Trinajstić information content (AvgIpc) is 3.63. The van der Waals surface area contributed by atoms with E-state index in [4.69, 9.17) is 10.1 Å². The summed E-state index contributed by atoms with van der Waals surface area (Å²) in [6.45, 7) is 2.88. The molecule has 4 aromatic rings. The summed E-state index contributed by atoms with van der Waals surface area (Å²) in [6, 6.07) is 17.8. The number of rotatable bonds is 5. The molecule has 8 heteroatoms. The van der Waals surface area contributed by atoms with Crippen molar-refractivity contribution >= 4 is 17.3 Å². The first-order valence-electron chi connectivity index (χ1n) is 12.3. The smallest absolute Gasteiger partial charge is 0.154 e. The van der Waals surface area contributed by atoms with Crippen molar-refractivity contribution in [3.63, 3.8) is 0 Å². The molecule has 0 aliphatic carbocycles. The molecule has 0 radical (unpaired) electrons. The Morgan fingerprint density at radius 3 is 2.69 bits per heavy atom. The summed E-state index contributed by atoms with van der Waals surface area (Å²) < 4.78 is 15.8. The molecule has 2 saturated heterocycles. The van der Waals surface area contributed by atoms with Crippen molar-refractivity contribution in [2.75, 3.05) is 43.5 Å². The van der Waals surface area contributed by atoms with E-state index in [9.17, 15) is 4.39 Å². The molecule has 0 N–H and O–H groups in total. The van der Waals surface area contributed by atoms with Crippen molar-refractivity contribution in [3.8, 4) is 11.4 Å². The van der Waals surface area contributed by atoms with Crippen LogP contribution in [0.25, 0.3) is 17.0 Å². The standard InChI is InChI=1S/C27H30FN7/c1-32(2)21-13-15-33(18-21)26-10-4-8-22(30-26)24-17-29-25-11-12-27(31-35(24)25)34-14-5-9-23(34)19-6-3-7-20(28)16-19/h3-4,6-8,10-12,16-17,21,23H,5,9,13-15,18H2,1-2H3/t21-,23-/m1/s1. The van der Waals surface area contributed by atoms with Crippen LogP contribution in [0.1, 0.15) is 30.9 Å². The highest BCUT2D eigenvalue weighted by molar-refractivity contribution is 5.63. The zero-order valence-corrected chi connectivity index (χ0v) is 20.2. The molecule has 0 amide bonds. The molecule has 1 aromatic carbocycles. The van der Waals surface area contributed by atoms with Crippen LogP contribution in [0.15, 0.2) is 60.8 Å². The van der Waals surface area contributed by atoms with E-state index in [0.29, 0.717) is 6.04 Å². The molecule has 7 nitrogen and oxygen atoms in total. The molecule has 0 spiro atoms. The molecule has 0 unspecified atom stereocenters. The Morgan fingerprint density at radius 2 is 1.86 bits per heavy atom. The summed E-state index contributed by atoms with van der Waals surface area (Å²) in [5.41, 5.74) is 3.50. The van der Waals surface area contributed by atoms with E-state index in [1.165, 1.54) is 6.07 Å². The molecule has 2 atom stereocenters. The lowest BCUT2D eigenvalue weighted by Crippen LogP contribution is -2.31. The predicted molar refractivity (Wildman–Crippen MR) is 136 cm³/mol. The number of hydrogen-bond acceptors (Lipinski definition) is 6. The molecular weight excluding hydrogens is 441 g/mol. The molecule has 6 rings (SSSR count). The van der Waals surface area contributed by atoms with Crippen molar-refractivity contribution in [2.24, 2.45) is 0 Å². The highest BCUT2D eigenvalue weighted by Crippen LogP contribution is 2.36. The third kappa shape index (κ3) is 4.12. The molecule has 5 heterocycles. The minimum Gasteiger partial charge on any atom is -0.355 e. The Labute approximate surface area is 204 Å². The number of likely N-dealkylation sites (N-methyl/N-ethyl adjacent to an activating group) is 1. The summed E-state index contributed by atoms with van der Waals surface area (Å²) >= 11 is 0. The van der Waals surface area contributed by atoms with E-state index in [1.807, 2.05) is 35.0 Å². The summed E-state index contributed by atoms with van der Waals surface area (Å²) in [7, 11) is 4.28. The number of hydrogen-bond donors (Lipinski definition) is 0. The monoisotopic (exact) mass is 471 g/mol. The summed E-state index contributed by atoms with van der Waals surface area (Å²) in [5.74, 6) is 1.66. The molecule has 3 aromatic heterocycles. The van der Waals surface area contributed by atoms with E-state index in [0.717, 1.165) is 73.1 Å². The van der Waals surface area contributed by atoms with Gasteiger partial charge in [0.1, 0.15) is 23.1 Å². The minimum atomic E-state index is -0.199. The van der Waals surface area contributed by atoms with E-state index < -0.39 is 0 Å². The SMILES string of the molecule is CN(C)[C@@H]1CCN(c2cccc(-c3cnc4ccc(N5CCC[C@@H]5c5cccc(F)c5)nn34)n2)C1. The van der Waals surface area contributed by atoms with Crippen molar-refractivity contribution in [3.05, 3.63) is 72.2 Å². The lowest BCUT2D eigenvalue weighted by atomic mass is 10.0. The van der Waals surface area contributed by atoms with Gasteiger partial charge in [0.25, 0.3) is 0 Å². The summed E-state index contributed by atoms with van der Waals surface area (Å²) in [4.78, 5) is 16.5. The minimum absolute atomic E-state index is 0.115. The number of pyridine rings is 1. The first-order valence-corrected chi connectivity index (χ1v) is 12.3. The maximum atomic E-state index is 13.9. The molecule has 0 saturated carbocycles. The number of imidazole rings is 1. The van der Waals surface area contributed by atoms with Crippen LogP contribution in [0.2, 0.25) is 0 Å². The Bertz CT molecular complexity index is 1350. The molecule has 0 bridgehead atoms. The third-order valence-electron chi connectivity index (χ3n) is 7.34. The number of fused-ring (bicyclic) bond motifs is 1. The molecule has 2 aliphatic heterocycles. The van der Waals surface area contributed by atoms with E-state index in [1.54, 1.807) is 12.1 Å². The Kier molecular flexibility index (Phi) is 5.60. The van der Waals surface area contributed by atoms with Crippen molar-refractivity contribution in [1.29, 1.82) is 0 Å². The maximum absolute atomic E-state index is 13.9. The van der Waals surface area contributed by atoms with Gasteiger partial charge in [-0.2, -0.15) is 0 Å². The fraction of sp³-hybridized carbons (Fsp3) is 0.370. The largest absolute Gasteiger partial charge is 0.355 e. The van der Waals surface area contributed by atoms with E-state index in [-0.39, 0.29) is 11.9 Å². The highest BCUT2D eigenvalue weighted by atomic mass is 19.1. The topological polar surface area (TPSA) is 52.8 Å². The Balaban J connectivity index is 1.32. The highest BCUT2D eigenvalue weighted by Gasteiger charge is 2.28. The van der Waals surface area contributed by atoms with Crippen LogP contribution in [0, 0.1) is 5.82 Å². The van der Waals surface area contributed by atoms with Gasteiger partial charge in [0.2, 0.25) is 0 Å². The van der Waals surface area contributed by atoms with Gasteiger partial charge < -0.3 is 14.7 Å². The third-order valence-corrected chi connectivity index (χ3v) is 7.34. The summed E-state index contributed by atoms with van der Waals surface area (Å²) in [5, 5.41) is 4.98. The van der Waals surface area contributed by atoms with Crippen LogP contribution < -0.4 is 9.80 Å².